The third kappa shape index (κ3) is 8.52. The lowest BCUT2D eigenvalue weighted by atomic mass is 9.44. The Balaban J connectivity index is 1.16. The molecule has 4 aliphatic rings. The van der Waals surface area contributed by atoms with Crippen molar-refractivity contribution >= 4 is 0 Å². The van der Waals surface area contributed by atoms with Gasteiger partial charge in [0.25, 0.3) is 0 Å². The maximum absolute atomic E-state index is 5.55. The first kappa shape index (κ1) is 33.7. The van der Waals surface area contributed by atoms with Gasteiger partial charge in [0.2, 0.25) is 0 Å². The van der Waals surface area contributed by atoms with E-state index in [-0.39, 0.29) is 0 Å². The summed E-state index contributed by atoms with van der Waals surface area (Å²) in [5.41, 5.74) is 6.80. The molecular formula is C37H72N4. The predicted octanol–water partition coefficient (Wildman–Crippen LogP) is 7.76. The molecule has 0 aromatic rings. The van der Waals surface area contributed by atoms with Crippen LogP contribution in [0.2, 0.25) is 0 Å². The number of nitrogens with two attached hydrogens (primary N) is 1. The highest BCUT2D eigenvalue weighted by Crippen LogP contribution is 2.68. The highest BCUT2D eigenvalue weighted by Gasteiger charge is 2.60. The van der Waals surface area contributed by atoms with Crippen LogP contribution in [-0.2, 0) is 0 Å². The van der Waals surface area contributed by atoms with Gasteiger partial charge in [-0.3, -0.25) is 0 Å². The van der Waals surface area contributed by atoms with E-state index in [0.29, 0.717) is 10.8 Å². The Bertz CT molecular complexity index is 740. The summed E-state index contributed by atoms with van der Waals surface area (Å²) in [5.74, 6) is 6.80. The lowest BCUT2D eigenvalue weighted by molar-refractivity contribution is -0.118. The smallest absolute Gasteiger partial charge is 0.00701 e. The minimum Gasteiger partial charge on any atom is -0.330 e. The lowest BCUT2D eigenvalue weighted by Gasteiger charge is -2.61. The van der Waals surface area contributed by atoms with Gasteiger partial charge in [0, 0.05) is 6.04 Å². The summed E-state index contributed by atoms with van der Waals surface area (Å²) in [4.78, 5) is 0. The number of nitrogens with one attached hydrogen (secondary N) is 3. The standard InChI is InChI=1S/C37H72N4/c1-28(2)11-8-12-29(3)33-15-16-34-32-14-13-30-27-31(17-19-36(30,4)35(32)18-20-37(33,34)5)41-26-10-25-40-23-7-6-22-39-24-9-21-38/h28-35,39-41H,6-27,38H2,1-5H3/t29?,30-,31+,32?,33+,34?,35?,36-,37+/m0/s1. The van der Waals surface area contributed by atoms with Gasteiger partial charge in [-0.15, -0.1) is 0 Å². The summed E-state index contributed by atoms with van der Waals surface area (Å²) in [6, 6.07) is 0.764. The molecule has 0 heterocycles. The van der Waals surface area contributed by atoms with E-state index in [1.54, 1.807) is 12.8 Å². The molecule has 4 fully saturated rings. The Morgan fingerprint density at radius 1 is 0.683 bits per heavy atom. The number of rotatable bonds is 18. The van der Waals surface area contributed by atoms with E-state index in [1.807, 2.05) is 0 Å². The predicted molar refractivity (Wildman–Crippen MR) is 178 cm³/mol. The molecular weight excluding hydrogens is 500 g/mol. The number of fused-ring (bicyclic) bond motifs is 5. The summed E-state index contributed by atoms with van der Waals surface area (Å²) in [5, 5.41) is 11.1. The van der Waals surface area contributed by atoms with E-state index in [1.165, 1.54) is 90.0 Å². The molecule has 41 heavy (non-hydrogen) atoms. The molecule has 4 saturated carbocycles. The van der Waals surface area contributed by atoms with E-state index >= 15 is 0 Å². The number of hydrogen-bond donors (Lipinski definition) is 4. The Hall–Kier alpha value is -0.160. The fourth-order valence-corrected chi connectivity index (χ4v) is 11.0. The topological polar surface area (TPSA) is 62.1 Å². The highest BCUT2D eigenvalue weighted by atomic mass is 14.9. The first-order chi connectivity index (χ1) is 19.8. The molecule has 4 rings (SSSR count). The van der Waals surface area contributed by atoms with Crippen LogP contribution >= 0.6 is 0 Å². The Kier molecular flexibility index (Phi) is 13.4. The fourth-order valence-electron chi connectivity index (χ4n) is 11.0. The molecule has 0 radical (unpaired) electrons. The van der Waals surface area contributed by atoms with Gasteiger partial charge in [-0.2, -0.15) is 0 Å². The van der Waals surface area contributed by atoms with Crippen molar-refractivity contribution in [1.29, 1.82) is 0 Å². The molecule has 0 aromatic heterocycles. The van der Waals surface area contributed by atoms with Gasteiger partial charge in [-0.05, 0) is 175 Å². The number of unbranched alkanes of at least 4 members (excludes halogenated alkanes) is 1. The third-order valence-electron chi connectivity index (χ3n) is 13.3. The fraction of sp³-hybridized carbons (Fsp3) is 1.00. The van der Waals surface area contributed by atoms with Crippen LogP contribution < -0.4 is 21.7 Å². The lowest BCUT2D eigenvalue weighted by Crippen LogP contribution is -2.55. The van der Waals surface area contributed by atoms with Crippen LogP contribution in [0.15, 0.2) is 0 Å². The molecule has 0 amide bonds. The van der Waals surface area contributed by atoms with Crippen LogP contribution in [0.5, 0.6) is 0 Å². The second-order valence-corrected chi connectivity index (χ2v) is 16.3. The minimum atomic E-state index is 0.615. The molecule has 5 N–H and O–H groups in total. The molecule has 9 atom stereocenters. The first-order valence-corrected chi connectivity index (χ1v) is 18.6. The van der Waals surface area contributed by atoms with Crippen LogP contribution in [0, 0.1) is 52.3 Å². The van der Waals surface area contributed by atoms with Crippen LogP contribution in [0.4, 0.5) is 0 Å². The quantitative estimate of drug-likeness (QED) is 0.127. The first-order valence-electron chi connectivity index (χ1n) is 18.6. The second-order valence-electron chi connectivity index (χ2n) is 16.3. The van der Waals surface area contributed by atoms with Gasteiger partial charge >= 0.3 is 0 Å². The Morgan fingerprint density at radius 3 is 2.10 bits per heavy atom. The van der Waals surface area contributed by atoms with Crippen molar-refractivity contribution in [2.75, 3.05) is 39.3 Å². The average molecular weight is 573 g/mol. The molecule has 240 valence electrons. The van der Waals surface area contributed by atoms with Crippen molar-refractivity contribution < 1.29 is 0 Å². The molecule has 0 spiro atoms. The minimum absolute atomic E-state index is 0.615. The maximum Gasteiger partial charge on any atom is 0.00701 e. The normalized spacial score (nSPS) is 37.5. The molecule has 0 aliphatic heterocycles. The summed E-state index contributed by atoms with van der Waals surface area (Å²) in [7, 11) is 0. The molecule has 4 unspecified atom stereocenters. The van der Waals surface area contributed by atoms with Gasteiger partial charge in [-0.25, -0.2) is 0 Å². The zero-order valence-electron chi connectivity index (χ0n) is 28.3. The summed E-state index contributed by atoms with van der Waals surface area (Å²) in [6.45, 7) is 19.4. The zero-order valence-corrected chi connectivity index (χ0v) is 28.3. The molecule has 4 nitrogen and oxygen atoms in total. The summed E-state index contributed by atoms with van der Waals surface area (Å²) < 4.78 is 0. The second kappa shape index (κ2) is 16.2. The van der Waals surface area contributed by atoms with Crippen LogP contribution in [0.25, 0.3) is 0 Å². The van der Waals surface area contributed by atoms with Crippen LogP contribution in [0.3, 0.4) is 0 Å². The molecule has 4 aliphatic carbocycles. The van der Waals surface area contributed by atoms with Crippen LogP contribution in [-0.4, -0.2) is 45.3 Å². The van der Waals surface area contributed by atoms with Crippen molar-refractivity contribution in [3.05, 3.63) is 0 Å². The van der Waals surface area contributed by atoms with E-state index in [4.69, 9.17) is 5.73 Å². The van der Waals surface area contributed by atoms with Gasteiger partial charge in [-0.1, -0.05) is 53.9 Å². The Morgan fingerprint density at radius 2 is 1.37 bits per heavy atom. The molecule has 4 heteroatoms. The maximum atomic E-state index is 5.55. The Labute approximate surface area is 256 Å². The zero-order chi connectivity index (χ0) is 29.3. The molecule has 0 saturated heterocycles. The van der Waals surface area contributed by atoms with Gasteiger partial charge in [0.15, 0.2) is 0 Å². The van der Waals surface area contributed by atoms with Gasteiger partial charge in [0.1, 0.15) is 0 Å². The van der Waals surface area contributed by atoms with Crippen LogP contribution in [0.1, 0.15) is 137 Å². The summed E-state index contributed by atoms with van der Waals surface area (Å²) >= 11 is 0. The van der Waals surface area contributed by atoms with Crippen molar-refractivity contribution in [3.63, 3.8) is 0 Å². The molecule has 0 bridgehead atoms. The van der Waals surface area contributed by atoms with Crippen molar-refractivity contribution in [1.82, 2.24) is 16.0 Å². The van der Waals surface area contributed by atoms with E-state index in [2.05, 4.69) is 50.6 Å². The van der Waals surface area contributed by atoms with Gasteiger partial charge in [0.05, 0.1) is 0 Å². The third-order valence-corrected chi connectivity index (χ3v) is 13.3. The average Bonchev–Trinajstić information content (AvgIpc) is 3.30. The van der Waals surface area contributed by atoms with E-state index in [9.17, 15) is 0 Å². The van der Waals surface area contributed by atoms with E-state index < -0.39 is 0 Å². The SMILES string of the molecule is CC(C)CCCC(C)[C@H]1CCC2C3CC[C@H]4C[C@H](NCCCNCCCCNCCCN)CC[C@]4(C)C3CC[C@@]21C. The van der Waals surface area contributed by atoms with Crippen molar-refractivity contribution in [3.8, 4) is 0 Å². The number of hydrogen-bond acceptors (Lipinski definition) is 4. The van der Waals surface area contributed by atoms with Crippen molar-refractivity contribution in [2.45, 2.75) is 143 Å². The highest BCUT2D eigenvalue weighted by molar-refractivity contribution is 5.10. The van der Waals surface area contributed by atoms with Crippen molar-refractivity contribution in [2.24, 2.45) is 58.0 Å². The molecule has 0 aromatic carbocycles. The van der Waals surface area contributed by atoms with E-state index in [0.717, 1.165) is 86.6 Å². The largest absolute Gasteiger partial charge is 0.330 e. The monoisotopic (exact) mass is 573 g/mol. The summed E-state index contributed by atoms with van der Waals surface area (Å²) in [6.07, 6.45) is 22.7. The van der Waals surface area contributed by atoms with Gasteiger partial charge < -0.3 is 21.7 Å².